The van der Waals surface area contributed by atoms with Crippen LogP contribution in [0.1, 0.15) is 23.9 Å². The van der Waals surface area contributed by atoms with E-state index in [4.69, 9.17) is 10.5 Å². The molecule has 0 saturated heterocycles. The molecule has 0 aromatic carbocycles. The first-order chi connectivity index (χ1) is 7.16. The van der Waals surface area contributed by atoms with E-state index in [1.807, 2.05) is 6.92 Å². The number of H-pyrrole nitrogens is 1. The minimum atomic E-state index is -0.286. The molecule has 0 amide bonds. The van der Waals surface area contributed by atoms with E-state index in [0.717, 1.165) is 23.4 Å². The fourth-order valence-corrected chi connectivity index (χ4v) is 1.80. The quantitative estimate of drug-likeness (QED) is 0.702. The molecule has 0 aliphatic carbocycles. The second-order valence-electron chi connectivity index (χ2n) is 3.93. The highest BCUT2D eigenvalue weighted by atomic mass is 16.5. The van der Waals surface area contributed by atoms with Crippen molar-refractivity contribution < 1.29 is 4.74 Å². The summed E-state index contributed by atoms with van der Waals surface area (Å²) in [6.07, 6.45) is 1.37. The first-order valence-corrected chi connectivity index (χ1v) is 5.11. The van der Waals surface area contributed by atoms with Crippen LogP contribution in [0.3, 0.4) is 0 Å². The van der Waals surface area contributed by atoms with Crippen molar-refractivity contribution in [1.29, 1.82) is 0 Å². The smallest absolute Gasteiger partial charge is 0.345 e. The van der Waals surface area contributed by atoms with E-state index >= 15 is 0 Å². The Morgan fingerprint density at radius 1 is 1.67 bits per heavy atom. The molecule has 15 heavy (non-hydrogen) atoms. The molecule has 0 spiro atoms. The molecular formula is C10H15N3O2. The van der Waals surface area contributed by atoms with Gasteiger partial charge < -0.3 is 15.5 Å². The van der Waals surface area contributed by atoms with Crippen LogP contribution in [0.25, 0.3) is 0 Å². The SMILES string of the molecule is CC(N)Cc1nc(=O)[nH]c2c1COCC2. The molecule has 3 N–H and O–H groups in total. The monoisotopic (exact) mass is 209 g/mol. The van der Waals surface area contributed by atoms with Gasteiger partial charge in [-0.05, 0) is 6.92 Å². The summed E-state index contributed by atoms with van der Waals surface area (Å²) in [4.78, 5) is 18.0. The zero-order valence-electron chi connectivity index (χ0n) is 8.75. The molecule has 0 radical (unpaired) electrons. The van der Waals surface area contributed by atoms with Crippen LogP contribution in [0.2, 0.25) is 0 Å². The van der Waals surface area contributed by atoms with Crippen LogP contribution in [0.4, 0.5) is 0 Å². The van der Waals surface area contributed by atoms with Crippen molar-refractivity contribution in [3.63, 3.8) is 0 Å². The van der Waals surface area contributed by atoms with Crippen LogP contribution < -0.4 is 11.4 Å². The van der Waals surface area contributed by atoms with E-state index in [1.165, 1.54) is 0 Å². The largest absolute Gasteiger partial charge is 0.376 e. The van der Waals surface area contributed by atoms with E-state index in [1.54, 1.807) is 0 Å². The molecule has 1 unspecified atom stereocenters. The highest BCUT2D eigenvalue weighted by Gasteiger charge is 2.16. The van der Waals surface area contributed by atoms with Gasteiger partial charge in [-0.25, -0.2) is 4.79 Å². The molecule has 1 aliphatic heterocycles. The van der Waals surface area contributed by atoms with Crippen molar-refractivity contribution in [2.24, 2.45) is 5.73 Å². The molecule has 1 aromatic rings. The summed E-state index contributed by atoms with van der Waals surface area (Å²) in [6, 6.07) is 0.00493. The summed E-state index contributed by atoms with van der Waals surface area (Å²) in [7, 11) is 0. The van der Waals surface area contributed by atoms with Crippen LogP contribution in [-0.4, -0.2) is 22.6 Å². The van der Waals surface area contributed by atoms with Crippen molar-refractivity contribution in [2.45, 2.75) is 32.4 Å². The summed E-state index contributed by atoms with van der Waals surface area (Å²) in [5, 5.41) is 0. The molecule has 0 bridgehead atoms. The summed E-state index contributed by atoms with van der Waals surface area (Å²) in [6.45, 7) is 3.09. The zero-order chi connectivity index (χ0) is 10.8. The number of aromatic nitrogens is 2. The number of fused-ring (bicyclic) bond motifs is 1. The fraction of sp³-hybridized carbons (Fsp3) is 0.600. The van der Waals surface area contributed by atoms with Gasteiger partial charge in [0.15, 0.2) is 0 Å². The number of nitrogens with zero attached hydrogens (tertiary/aromatic N) is 1. The maximum absolute atomic E-state index is 11.3. The lowest BCUT2D eigenvalue weighted by molar-refractivity contribution is 0.107. The summed E-state index contributed by atoms with van der Waals surface area (Å²) in [5.41, 5.74) is 8.18. The minimum Gasteiger partial charge on any atom is -0.376 e. The van der Waals surface area contributed by atoms with Crippen molar-refractivity contribution in [1.82, 2.24) is 9.97 Å². The number of rotatable bonds is 2. The number of nitrogens with one attached hydrogen (secondary N) is 1. The molecule has 2 rings (SSSR count). The van der Waals surface area contributed by atoms with Crippen LogP contribution in [0.15, 0.2) is 4.79 Å². The lowest BCUT2D eigenvalue weighted by Crippen LogP contribution is -2.27. The van der Waals surface area contributed by atoms with E-state index in [2.05, 4.69) is 9.97 Å². The number of nitrogens with two attached hydrogens (primary N) is 1. The summed E-state index contributed by atoms with van der Waals surface area (Å²) < 4.78 is 5.36. The highest BCUT2D eigenvalue weighted by molar-refractivity contribution is 5.26. The maximum Gasteiger partial charge on any atom is 0.345 e. The van der Waals surface area contributed by atoms with Gasteiger partial charge in [-0.15, -0.1) is 0 Å². The maximum atomic E-state index is 11.3. The van der Waals surface area contributed by atoms with E-state index in [9.17, 15) is 4.79 Å². The van der Waals surface area contributed by atoms with Crippen molar-refractivity contribution in [3.05, 3.63) is 27.4 Å². The second-order valence-corrected chi connectivity index (χ2v) is 3.93. The molecule has 5 nitrogen and oxygen atoms in total. The van der Waals surface area contributed by atoms with Crippen LogP contribution >= 0.6 is 0 Å². The predicted molar refractivity (Wildman–Crippen MR) is 55.6 cm³/mol. The first-order valence-electron chi connectivity index (χ1n) is 5.11. The minimum absolute atomic E-state index is 0.00493. The number of hydrogen-bond acceptors (Lipinski definition) is 4. The first kappa shape index (κ1) is 10.3. The molecule has 5 heteroatoms. The van der Waals surface area contributed by atoms with E-state index in [0.29, 0.717) is 19.6 Å². The third kappa shape index (κ3) is 2.24. The van der Waals surface area contributed by atoms with Crippen molar-refractivity contribution in [3.8, 4) is 0 Å². The van der Waals surface area contributed by atoms with Gasteiger partial charge in [0, 0.05) is 30.1 Å². The third-order valence-electron chi connectivity index (χ3n) is 2.47. The topological polar surface area (TPSA) is 81.0 Å². The van der Waals surface area contributed by atoms with Gasteiger partial charge >= 0.3 is 5.69 Å². The Hall–Kier alpha value is -1.20. The molecule has 1 aromatic heterocycles. The molecular weight excluding hydrogens is 194 g/mol. The fourth-order valence-electron chi connectivity index (χ4n) is 1.80. The molecule has 0 fully saturated rings. The molecule has 1 atom stereocenters. The van der Waals surface area contributed by atoms with E-state index in [-0.39, 0.29) is 11.7 Å². The molecule has 82 valence electrons. The van der Waals surface area contributed by atoms with Gasteiger partial charge in [-0.2, -0.15) is 4.98 Å². The Morgan fingerprint density at radius 3 is 3.20 bits per heavy atom. The Bertz CT molecular complexity index is 412. The van der Waals surface area contributed by atoms with Crippen molar-refractivity contribution >= 4 is 0 Å². The number of aromatic amines is 1. The highest BCUT2D eigenvalue weighted by Crippen LogP contribution is 2.16. The number of hydrogen-bond donors (Lipinski definition) is 2. The van der Waals surface area contributed by atoms with Gasteiger partial charge in [0.05, 0.1) is 18.9 Å². The lowest BCUT2D eigenvalue weighted by Gasteiger charge is -2.18. The normalized spacial score (nSPS) is 17.2. The Labute approximate surface area is 87.7 Å². The predicted octanol–water partition coefficient (Wildman–Crippen LogP) is -0.268. The standard InChI is InChI=1S/C10H15N3O2/c1-6(11)4-9-7-5-15-3-2-8(7)12-10(14)13-9/h6H,2-5,11H2,1H3,(H,12,13,14). The van der Waals surface area contributed by atoms with E-state index < -0.39 is 0 Å². The molecule has 1 aliphatic rings. The van der Waals surface area contributed by atoms with Gasteiger partial charge in [0.25, 0.3) is 0 Å². The molecule has 2 heterocycles. The summed E-state index contributed by atoms with van der Waals surface area (Å²) in [5.74, 6) is 0. The third-order valence-corrected chi connectivity index (χ3v) is 2.47. The summed E-state index contributed by atoms with van der Waals surface area (Å²) >= 11 is 0. The van der Waals surface area contributed by atoms with Gasteiger partial charge in [0.2, 0.25) is 0 Å². The van der Waals surface area contributed by atoms with Crippen molar-refractivity contribution in [2.75, 3.05) is 6.61 Å². The van der Waals surface area contributed by atoms with Crippen LogP contribution in [0, 0.1) is 0 Å². The second kappa shape index (κ2) is 4.12. The van der Waals surface area contributed by atoms with Gasteiger partial charge in [0.1, 0.15) is 0 Å². The van der Waals surface area contributed by atoms with Gasteiger partial charge in [-0.1, -0.05) is 0 Å². The average Bonchev–Trinajstić information content (AvgIpc) is 2.16. The lowest BCUT2D eigenvalue weighted by atomic mass is 10.0. The Balaban J connectivity index is 2.43. The Kier molecular flexibility index (Phi) is 2.83. The number of ether oxygens (including phenoxy) is 1. The van der Waals surface area contributed by atoms with Crippen LogP contribution in [0.5, 0.6) is 0 Å². The molecule has 0 saturated carbocycles. The van der Waals surface area contributed by atoms with Crippen LogP contribution in [-0.2, 0) is 24.2 Å². The van der Waals surface area contributed by atoms with Gasteiger partial charge in [-0.3, -0.25) is 0 Å². The zero-order valence-corrected chi connectivity index (χ0v) is 8.75. The average molecular weight is 209 g/mol. The Morgan fingerprint density at radius 2 is 2.47 bits per heavy atom.